The SMILES string of the molecule is CC.Cc1[nH]nc2ccccc12.Nc1nc2ccccn2n1. The van der Waals surface area contributed by atoms with Crippen molar-refractivity contribution >= 4 is 22.5 Å². The average molecular weight is 296 g/mol. The molecule has 0 saturated heterocycles. The number of aryl methyl sites for hydroxylation is 1. The molecule has 0 bridgehead atoms. The number of H-pyrrole nitrogens is 1. The van der Waals surface area contributed by atoms with Crippen LogP contribution >= 0.6 is 0 Å². The molecule has 0 aliphatic heterocycles. The van der Waals surface area contributed by atoms with E-state index in [1.165, 1.54) is 5.39 Å². The molecule has 114 valence electrons. The number of aromatic nitrogens is 5. The van der Waals surface area contributed by atoms with Gasteiger partial charge in [0.1, 0.15) is 0 Å². The lowest BCUT2D eigenvalue weighted by atomic mass is 10.2. The van der Waals surface area contributed by atoms with Gasteiger partial charge in [-0.2, -0.15) is 10.1 Å². The Balaban J connectivity index is 0.000000144. The number of nitrogen functional groups attached to an aromatic ring is 1. The molecule has 0 unspecified atom stereocenters. The van der Waals surface area contributed by atoms with Crippen LogP contribution in [0.4, 0.5) is 5.95 Å². The Bertz CT molecular complexity index is 804. The number of benzene rings is 1. The largest absolute Gasteiger partial charge is 0.366 e. The second kappa shape index (κ2) is 7.21. The van der Waals surface area contributed by atoms with Crippen LogP contribution in [0.25, 0.3) is 16.6 Å². The number of hydrogen-bond donors (Lipinski definition) is 2. The molecule has 6 heteroatoms. The number of para-hydroxylation sites is 1. The molecule has 0 radical (unpaired) electrons. The molecule has 3 N–H and O–H groups in total. The van der Waals surface area contributed by atoms with Crippen molar-refractivity contribution in [1.29, 1.82) is 0 Å². The minimum absolute atomic E-state index is 0.311. The van der Waals surface area contributed by atoms with E-state index in [1.807, 2.05) is 57.2 Å². The summed E-state index contributed by atoms with van der Waals surface area (Å²) in [5.41, 5.74) is 8.30. The van der Waals surface area contributed by atoms with Gasteiger partial charge in [0.05, 0.1) is 5.52 Å². The third kappa shape index (κ3) is 3.41. The fourth-order valence-electron chi connectivity index (χ4n) is 1.94. The fourth-order valence-corrected chi connectivity index (χ4v) is 1.94. The van der Waals surface area contributed by atoms with Crippen LogP contribution in [0.5, 0.6) is 0 Å². The molecule has 22 heavy (non-hydrogen) atoms. The molecule has 0 spiro atoms. The first-order chi connectivity index (χ1) is 10.7. The lowest BCUT2D eigenvalue weighted by Crippen LogP contribution is -1.87. The zero-order valence-corrected chi connectivity index (χ0v) is 13.0. The molecule has 6 nitrogen and oxygen atoms in total. The highest BCUT2D eigenvalue weighted by Gasteiger charge is 1.96. The van der Waals surface area contributed by atoms with Crippen LogP contribution in [0, 0.1) is 6.92 Å². The Hall–Kier alpha value is -2.89. The van der Waals surface area contributed by atoms with Gasteiger partial charge in [0.25, 0.3) is 0 Å². The molecule has 0 aliphatic carbocycles. The number of nitrogens with two attached hydrogens (primary N) is 1. The van der Waals surface area contributed by atoms with Crippen molar-refractivity contribution in [2.45, 2.75) is 20.8 Å². The summed E-state index contributed by atoms with van der Waals surface area (Å²) in [5.74, 6) is 0.311. The van der Waals surface area contributed by atoms with Gasteiger partial charge in [-0.15, -0.1) is 5.10 Å². The van der Waals surface area contributed by atoms with Crippen molar-refractivity contribution in [2.75, 3.05) is 5.73 Å². The fraction of sp³-hybridized carbons (Fsp3) is 0.188. The maximum absolute atomic E-state index is 5.35. The third-order valence-electron chi connectivity index (χ3n) is 2.91. The Labute approximate surface area is 129 Å². The Morgan fingerprint density at radius 2 is 1.77 bits per heavy atom. The zero-order valence-electron chi connectivity index (χ0n) is 13.0. The summed E-state index contributed by atoms with van der Waals surface area (Å²) < 4.78 is 1.63. The van der Waals surface area contributed by atoms with E-state index in [1.54, 1.807) is 10.7 Å². The van der Waals surface area contributed by atoms with E-state index < -0.39 is 0 Å². The normalized spacial score (nSPS) is 9.77. The molecule has 0 amide bonds. The van der Waals surface area contributed by atoms with Crippen LogP contribution in [0.3, 0.4) is 0 Å². The molecular weight excluding hydrogens is 276 g/mol. The van der Waals surface area contributed by atoms with Crippen LogP contribution in [0.1, 0.15) is 19.5 Å². The quantitative estimate of drug-likeness (QED) is 0.522. The standard InChI is InChI=1S/C8H8N2.C6H6N4.C2H6/c1-6-7-4-2-3-5-8(7)10-9-6;7-6-8-5-3-1-2-4-10(5)9-6;1-2/h2-5H,1H3,(H,9,10);1-4H,(H2,7,9);1-2H3. The van der Waals surface area contributed by atoms with Crippen molar-refractivity contribution in [1.82, 2.24) is 24.8 Å². The van der Waals surface area contributed by atoms with E-state index in [2.05, 4.69) is 26.3 Å². The second-order valence-corrected chi connectivity index (χ2v) is 4.34. The third-order valence-corrected chi connectivity index (χ3v) is 2.91. The highest BCUT2D eigenvalue weighted by molar-refractivity contribution is 5.80. The first-order valence-corrected chi connectivity index (χ1v) is 7.20. The highest BCUT2D eigenvalue weighted by Crippen LogP contribution is 2.12. The number of pyridine rings is 1. The van der Waals surface area contributed by atoms with Crippen molar-refractivity contribution in [3.05, 3.63) is 54.4 Å². The van der Waals surface area contributed by atoms with Crippen molar-refractivity contribution < 1.29 is 0 Å². The summed E-state index contributed by atoms with van der Waals surface area (Å²) in [5, 5.41) is 12.1. The highest BCUT2D eigenvalue weighted by atomic mass is 15.3. The summed E-state index contributed by atoms with van der Waals surface area (Å²) >= 11 is 0. The first-order valence-electron chi connectivity index (χ1n) is 7.20. The maximum atomic E-state index is 5.35. The Kier molecular flexibility index (Phi) is 5.08. The topological polar surface area (TPSA) is 84.9 Å². The van der Waals surface area contributed by atoms with Gasteiger partial charge in [0, 0.05) is 17.3 Å². The van der Waals surface area contributed by atoms with Crippen LogP contribution in [-0.2, 0) is 0 Å². The van der Waals surface area contributed by atoms with E-state index in [0.29, 0.717) is 5.95 Å². The summed E-state index contributed by atoms with van der Waals surface area (Å²) in [6.45, 7) is 6.02. The molecule has 0 saturated carbocycles. The number of hydrogen-bond acceptors (Lipinski definition) is 4. The molecule has 0 fully saturated rings. The second-order valence-electron chi connectivity index (χ2n) is 4.34. The molecule has 0 atom stereocenters. The van der Waals surface area contributed by atoms with Gasteiger partial charge in [-0.3, -0.25) is 5.10 Å². The molecule has 3 heterocycles. The van der Waals surface area contributed by atoms with E-state index in [9.17, 15) is 0 Å². The van der Waals surface area contributed by atoms with E-state index >= 15 is 0 Å². The lowest BCUT2D eigenvalue weighted by molar-refractivity contribution is 0.968. The average Bonchev–Trinajstić information content (AvgIpc) is 3.12. The van der Waals surface area contributed by atoms with Gasteiger partial charge < -0.3 is 5.73 Å². The Morgan fingerprint density at radius 1 is 1.05 bits per heavy atom. The van der Waals surface area contributed by atoms with Gasteiger partial charge >= 0.3 is 0 Å². The monoisotopic (exact) mass is 296 g/mol. The van der Waals surface area contributed by atoms with Gasteiger partial charge in [0.2, 0.25) is 5.95 Å². The number of aromatic amines is 1. The minimum atomic E-state index is 0.311. The molecule has 1 aromatic carbocycles. The summed E-state index contributed by atoms with van der Waals surface area (Å²) in [6, 6.07) is 13.7. The van der Waals surface area contributed by atoms with E-state index in [4.69, 9.17) is 5.73 Å². The van der Waals surface area contributed by atoms with E-state index in [-0.39, 0.29) is 0 Å². The molecule has 4 aromatic rings. The number of nitrogens with zero attached hydrogens (tertiary/aromatic N) is 4. The van der Waals surface area contributed by atoms with Crippen LogP contribution < -0.4 is 5.73 Å². The van der Waals surface area contributed by atoms with Gasteiger partial charge in [-0.05, 0) is 25.1 Å². The first kappa shape index (κ1) is 15.5. The Morgan fingerprint density at radius 3 is 2.50 bits per heavy atom. The molecule has 4 rings (SSSR count). The van der Waals surface area contributed by atoms with E-state index in [0.717, 1.165) is 16.9 Å². The predicted molar refractivity (Wildman–Crippen MR) is 89.6 cm³/mol. The zero-order chi connectivity index (χ0) is 15.9. The van der Waals surface area contributed by atoms with Gasteiger partial charge in [0.15, 0.2) is 5.65 Å². The van der Waals surface area contributed by atoms with Crippen molar-refractivity contribution in [3.63, 3.8) is 0 Å². The smallest absolute Gasteiger partial charge is 0.240 e. The lowest BCUT2D eigenvalue weighted by Gasteiger charge is -1.84. The van der Waals surface area contributed by atoms with Crippen LogP contribution in [0.2, 0.25) is 0 Å². The number of anilines is 1. The van der Waals surface area contributed by atoms with Crippen molar-refractivity contribution in [3.8, 4) is 0 Å². The minimum Gasteiger partial charge on any atom is -0.366 e. The summed E-state index contributed by atoms with van der Waals surface area (Å²) in [4.78, 5) is 3.94. The van der Waals surface area contributed by atoms with Crippen molar-refractivity contribution in [2.24, 2.45) is 0 Å². The van der Waals surface area contributed by atoms with Crippen LogP contribution in [0.15, 0.2) is 48.7 Å². The summed E-state index contributed by atoms with van der Waals surface area (Å²) in [7, 11) is 0. The number of nitrogens with one attached hydrogen (secondary N) is 1. The number of rotatable bonds is 0. The van der Waals surface area contributed by atoms with Crippen LogP contribution in [-0.4, -0.2) is 24.8 Å². The molecule has 3 aromatic heterocycles. The molecule has 0 aliphatic rings. The summed E-state index contributed by atoms with van der Waals surface area (Å²) in [6.07, 6.45) is 1.80. The molecular formula is C16H20N6. The predicted octanol–water partition coefficient (Wildman–Crippen LogP) is 3.21. The van der Waals surface area contributed by atoms with Gasteiger partial charge in [-0.1, -0.05) is 38.1 Å². The maximum Gasteiger partial charge on any atom is 0.240 e. The van der Waals surface area contributed by atoms with Gasteiger partial charge in [-0.25, -0.2) is 4.52 Å². The number of fused-ring (bicyclic) bond motifs is 2.